The SMILES string of the molecule is CSc1ccccc1NC(=O)CN(C)CC(O)COc1cccc2ccccc12. The Bertz CT molecular complexity index is 958. The van der Waals surface area contributed by atoms with Crippen LogP contribution in [0.15, 0.2) is 71.6 Å². The summed E-state index contributed by atoms with van der Waals surface area (Å²) in [6.07, 6.45) is 1.27. The van der Waals surface area contributed by atoms with Crippen LogP contribution in [-0.4, -0.2) is 55.0 Å². The molecule has 0 saturated carbocycles. The fourth-order valence-electron chi connectivity index (χ4n) is 3.17. The molecular weight excluding hydrogens is 384 g/mol. The van der Waals surface area contributed by atoms with Crippen molar-refractivity contribution in [3.05, 3.63) is 66.7 Å². The van der Waals surface area contributed by atoms with Crippen LogP contribution in [0.4, 0.5) is 5.69 Å². The third-order valence-corrected chi connectivity index (χ3v) is 5.29. The van der Waals surface area contributed by atoms with E-state index in [1.54, 1.807) is 23.7 Å². The fourth-order valence-corrected chi connectivity index (χ4v) is 3.72. The minimum atomic E-state index is -0.703. The van der Waals surface area contributed by atoms with Gasteiger partial charge in [-0.15, -0.1) is 11.8 Å². The van der Waals surface area contributed by atoms with E-state index in [2.05, 4.69) is 5.32 Å². The molecule has 3 rings (SSSR count). The van der Waals surface area contributed by atoms with Crippen LogP contribution in [0, 0.1) is 0 Å². The minimum Gasteiger partial charge on any atom is -0.490 e. The maximum Gasteiger partial charge on any atom is 0.238 e. The third-order valence-electron chi connectivity index (χ3n) is 4.50. The summed E-state index contributed by atoms with van der Waals surface area (Å²) >= 11 is 1.59. The zero-order valence-corrected chi connectivity index (χ0v) is 17.5. The maximum atomic E-state index is 12.3. The smallest absolute Gasteiger partial charge is 0.238 e. The van der Waals surface area contributed by atoms with Gasteiger partial charge in [0.1, 0.15) is 18.5 Å². The second-order valence-corrected chi connectivity index (χ2v) is 7.74. The van der Waals surface area contributed by atoms with Crippen molar-refractivity contribution in [1.29, 1.82) is 0 Å². The number of carbonyl (C=O) groups excluding carboxylic acids is 1. The lowest BCUT2D eigenvalue weighted by molar-refractivity contribution is -0.117. The lowest BCUT2D eigenvalue weighted by atomic mass is 10.1. The molecule has 1 amide bonds. The number of nitrogens with zero attached hydrogens (tertiary/aromatic N) is 1. The summed E-state index contributed by atoms with van der Waals surface area (Å²) in [6, 6.07) is 21.5. The second-order valence-electron chi connectivity index (χ2n) is 6.89. The van der Waals surface area contributed by atoms with E-state index in [1.165, 1.54) is 0 Å². The second kappa shape index (κ2) is 10.3. The van der Waals surface area contributed by atoms with Crippen LogP contribution in [0.2, 0.25) is 0 Å². The Morgan fingerprint density at radius 3 is 2.66 bits per heavy atom. The van der Waals surface area contributed by atoms with E-state index in [4.69, 9.17) is 4.74 Å². The zero-order chi connectivity index (χ0) is 20.6. The molecule has 0 fully saturated rings. The predicted molar refractivity (Wildman–Crippen MR) is 120 cm³/mol. The third kappa shape index (κ3) is 5.97. The number of aliphatic hydroxyl groups is 1. The first-order chi connectivity index (χ1) is 14.1. The predicted octanol–water partition coefficient (Wildman–Crippen LogP) is 3.87. The van der Waals surface area contributed by atoms with Crippen molar-refractivity contribution in [2.24, 2.45) is 0 Å². The van der Waals surface area contributed by atoms with Gasteiger partial charge in [-0.05, 0) is 36.9 Å². The molecule has 0 spiro atoms. The number of amides is 1. The van der Waals surface area contributed by atoms with Crippen molar-refractivity contribution >= 4 is 34.1 Å². The van der Waals surface area contributed by atoms with Crippen LogP contribution < -0.4 is 10.1 Å². The molecule has 0 aliphatic heterocycles. The number of nitrogens with one attached hydrogen (secondary N) is 1. The summed E-state index contributed by atoms with van der Waals surface area (Å²) in [5, 5.41) is 15.4. The zero-order valence-electron chi connectivity index (χ0n) is 16.7. The Kier molecular flexibility index (Phi) is 7.52. The van der Waals surface area contributed by atoms with Gasteiger partial charge >= 0.3 is 0 Å². The number of likely N-dealkylation sites (N-methyl/N-ethyl adjacent to an activating group) is 1. The van der Waals surface area contributed by atoms with Gasteiger partial charge in [-0.2, -0.15) is 0 Å². The molecule has 5 nitrogen and oxygen atoms in total. The molecular formula is C23H26N2O3S. The normalized spacial score (nSPS) is 12.1. The summed E-state index contributed by atoms with van der Waals surface area (Å²) in [5.41, 5.74) is 0.804. The average Bonchev–Trinajstić information content (AvgIpc) is 2.72. The lowest BCUT2D eigenvalue weighted by Crippen LogP contribution is -2.37. The number of benzene rings is 3. The number of hydrogen-bond donors (Lipinski definition) is 2. The molecule has 0 bridgehead atoms. The van der Waals surface area contributed by atoms with Crippen LogP contribution in [0.5, 0.6) is 5.75 Å². The number of fused-ring (bicyclic) bond motifs is 1. The number of anilines is 1. The quantitative estimate of drug-likeness (QED) is 0.525. The number of ether oxygens (including phenoxy) is 1. The standard InChI is InChI=1S/C23H26N2O3S/c1-25(15-23(27)24-20-11-5-6-13-22(20)29-2)14-18(26)16-28-21-12-7-9-17-8-3-4-10-19(17)21/h3-13,18,26H,14-16H2,1-2H3,(H,24,27). The van der Waals surface area contributed by atoms with Crippen molar-refractivity contribution in [1.82, 2.24) is 4.90 Å². The Balaban J connectivity index is 1.48. The van der Waals surface area contributed by atoms with Crippen molar-refractivity contribution in [3.8, 4) is 5.75 Å². The average molecular weight is 411 g/mol. The molecule has 1 unspecified atom stereocenters. The van der Waals surface area contributed by atoms with E-state index < -0.39 is 6.10 Å². The molecule has 152 valence electrons. The molecule has 6 heteroatoms. The highest BCUT2D eigenvalue weighted by Gasteiger charge is 2.14. The van der Waals surface area contributed by atoms with Crippen molar-refractivity contribution in [2.45, 2.75) is 11.0 Å². The molecule has 0 aromatic heterocycles. The number of aliphatic hydroxyl groups excluding tert-OH is 1. The highest BCUT2D eigenvalue weighted by Crippen LogP contribution is 2.25. The van der Waals surface area contributed by atoms with E-state index in [0.717, 1.165) is 27.1 Å². The number of thioether (sulfide) groups is 1. The molecule has 0 aliphatic rings. The molecule has 29 heavy (non-hydrogen) atoms. The highest BCUT2D eigenvalue weighted by atomic mass is 32.2. The monoisotopic (exact) mass is 410 g/mol. The number of hydrogen-bond acceptors (Lipinski definition) is 5. The molecule has 0 heterocycles. The van der Waals surface area contributed by atoms with Crippen LogP contribution in [0.3, 0.4) is 0 Å². The largest absolute Gasteiger partial charge is 0.490 e. The summed E-state index contributed by atoms with van der Waals surface area (Å²) < 4.78 is 5.83. The van der Waals surface area contributed by atoms with E-state index in [9.17, 15) is 9.90 Å². The Labute approximate surface area is 175 Å². The maximum absolute atomic E-state index is 12.3. The first-order valence-corrected chi connectivity index (χ1v) is 10.7. The number of rotatable bonds is 9. The van der Waals surface area contributed by atoms with Gasteiger partial charge in [0.05, 0.1) is 12.2 Å². The van der Waals surface area contributed by atoms with Gasteiger partial charge in [0.15, 0.2) is 0 Å². The summed E-state index contributed by atoms with van der Waals surface area (Å²) in [6.45, 7) is 0.686. The van der Waals surface area contributed by atoms with Gasteiger partial charge in [0.2, 0.25) is 5.91 Å². The van der Waals surface area contributed by atoms with Crippen molar-refractivity contribution in [3.63, 3.8) is 0 Å². The van der Waals surface area contributed by atoms with Crippen LogP contribution in [0.25, 0.3) is 10.8 Å². The van der Waals surface area contributed by atoms with Gasteiger partial charge in [-0.25, -0.2) is 0 Å². The molecule has 3 aromatic rings. The summed E-state index contributed by atoms with van der Waals surface area (Å²) in [7, 11) is 1.81. The molecule has 0 aliphatic carbocycles. The van der Waals surface area contributed by atoms with Crippen molar-refractivity contribution in [2.75, 3.05) is 38.3 Å². The summed E-state index contributed by atoms with van der Waals surface area (Å²) in [5.74, 6) is 0.632. The Morgan fingerprint density at radius 1 is 1.10 bits per heavy atom. The molecule has 0 saturated heterocycles. The highest BCUT2D eigenvalue weighted by molar-refractivity contribution is 7.98. The molecule has 1 atom stereocenters. The van der Waals surface area contributed by atoms with Crippen LogP contribution in [-0.2, 0) is 4.79 Å². The first-order valence-electron chi connectivity index (χ1n) is 9.47. The van der Waals surface area contributed by atoms with Gasteiger partial charge in [0.25, 0.3) is 0 Å². The van der Waals surface area contributed by atoms with E-state index in [0.29, 0.717) is 6.54 Å². The lowest BCUT2D eigenvalue weighted by Gasteiger charge is -2.21. The van der Waals surface area contributed by atoms with Crippen LogP contribution in [0.1, 0.15) is 0 Å². The van der Waals surface area contributed by atoms with E-state index in [1.807, 2.05) is 73.0 Å². The Hall–Kier alpha value is -2.54. The van der Waals surface area contributed by atoms with E-state index >= 15 is 0 Å². The first kappa shape index (κ1) is 21.2. The summed E-state index contributed by atoms with van der Waals surface area (Å²) in [4.78, 5) is 15.1. The van der Waals surface area contributed by atoms with Crippen LogP contribution >= 0.6 is 11.8 Å². The van der Waals surface area contributed by atoms with Gasteiger partial charge < -0.3 is 15.2 Å². The fraction of sp³-hybridized carbons (Fsp3) is 0.261. The van der Waals surface area contributed by atoms with Gasteiger partial charge in [-0.1, -0.05) is 48.5 Å². The number of carbonyl (C=O) groups is 1. The van der Waals surface area contributed by atoms with Gasteiger partial charge in [0, 0.05) is 16.8 Å². The van der Waals surface area contributed by atoms with Gasteiger partial charge in [-0.3, -0.25) is 9.69 Å². The van der Waals surface area contributed by atoms with Crippen molar-refractivity contribution < 1.29 is 14.6 Å². The molecule has 0 radical (unpaired) electrons. The Morgan fingerprint density at radius 2 is 1.83 bits per heavy atom. The van der Waals surface area contributed by atoms with E-state index in [-0.39, 0.29) is 19.1 Å². The minimum absolute atomic E-state index is 0.115. The molecule has 2 N–H and O–H groups in total. The molecule has 3 aromatic carbocycles. The topological polar surface area (TPSA) is 61.8 Å². The number of para-hydroxylation sites is 1.